The van der Waals surface area contributed by atoms with Crippen LogP contribution in [0.1, 0.15) is 53.4 Å². The lowest BCUT2D eigenvalue weighted by molar-refractivity contribution is -0.143. The van der Waals surface area contributed by atoms with Crippen LogP contribution in [0.4, 0.5) is 0 Å². The lowest BCUT2D eigenvalue weighted by Crippen LogP contribution is -2.51. The molecule has 0 spiro atoms. The first kappa shape index (κ1) is 14.8. The molecule has 0 aromatic heterocycles. The van der Waals surface area contributed by atoms with Gasteiger partial charge in [0.25, 0.3) is 0 Å². The number of carbonyl (C=O) groups excluding carboxylic acids is 1. The zero-order valence-corrected chi connectivity index (χ0v) is 12.9. The molecule has 2 N–H and O–H groups in total. The second-order valence-electron chi connectivity index (χ2n) is 7.21. The van der Waals surface area contributed by atoms with Crippen molar-refractivity contribution in [2.75, 3.05) is 6.54 Å². The molecule has 0 aromatic carbocycles. The number of nitrogens with zero attached hydrogens (tertiary/aromatic N) is 1. The Morgan fingerprint density at radius 2 is 1.74 bits per heavy atom. The average Bonchev–Trinajstić information content (AvgIpc) is 2.33. The van der Waals surface area contributed by atoms with E-state index < -0.39 is 0 Å². The van der Waals surface area contributed by atoms with Gasteiger partial charge in [0.05, 0.1) is 0 Å². The Hall–Kier alpha value is -0.570. The molecular weight excluding hydrogens is 236 g/mol. The fraction of sp³-hybridized carbons (Fsp3) is 0.938. The van der Waals surface area contributed by atoms with Crippen LogP contribution < -0.4 is 5.73 Å². The van der Waals surface area contributed by atoms with Crippen molar-refractivity contribution in [3.63, 3.8) is 0 Å². The monoisotopic (exact) mass is 266 g/mol. The van der Waals surface area contributed by atoms with Gasteiger partial charge >= 0.3 is 0 Å². The van der Waals surface area contributed by atoms with Crippen LogP contribution in [0.15, 0.2) is 0 Å². The van der Waals surface area contributed by atoms with Gasteiger partial charge < -0.3 is 10.6 Å². The van der Waals surface area contributed by atoms with Crippen molar-refractivity contribution in [1.82, 2.24) is 4.90 Å². The van der Waals surface area contributed by atoms with E-state index in [0.717, 1.165) is 38.1 Å². The lowest BCUT2D eigenvalue weighted by atomic mass is 9.72. The van der Waals surface area contributed by atoms with Gasteiger partial charge in [-0.2, -0.15) is 0 Å². The second-order valence-corrected chi connectivity index (χ2v) is 7.21. The summed E-state index contributed by atoms with van der Waals surface area (Å²) in [4.78, 5) is 14.9. The van der Waals surface area contributed by atoms with Crippen molar-refractivity contribution in [1.29, 1.82) is 0 Å². The van der Waals surface area contributed by atoms with Gasteiger partial charge in [-0.05, 0) is 50.4 Å². The third-order valence-electron chi connectivity index (χ3n) is 5.43. The van der Waals surface area contributed by atoms with E-state index in [1.54, 1.807) is 0 Å². The van der Waals surface area contributed by atoms with Gasteiger partial charge in [-0.3, -0.25) is 4.79 Å². The summed E-state index contributed by atoms with van der Waals surface area (Å²) >= 11 is 0. The number of piperidine rings is 1. The summed E-state index contributed by atoms with van der Waals surface area (Å²) < 4.78 is 0. The molecule has 1 saturated carbocycles. The summed E-state index contributed by atoms with van der Waals surface area (Å²) in [5, 5.41) is 0. The summed E-state index contributed by atoms with van der Waals surface area (Å²) in [6.45, 7) is 9.87. The van der Waals surface area contributed by atoms with E-state index in [4.69, 9.17) is 5.73 Å². The molecule has 6 atom stereocenters. The topological polar surface area (TPSA) is 46.3 Å². The van der Waals surface area contributed by atoms with E-state index in [1.807, 2.05) is 0 Å². The molecule has 1 aliphatic carbocycles. The molecule has 2 fully saturated rings. The lowest BCUT2D eigenvalue weighted by Gasteiger charge is -2.43. The number of amides is 1. The number of rotatable bonds is 1. The molecule has 2 aliphatic rings. The van der Waals surface area contributed by atoms with E-state index in [1.165, 1.54) is 0 Å². The summed E-state index contributed by atoms with van der Waals surface area (Å²) in [5.41, 5.74) is 6.18. The fourth-order valence-electron chi connectivity index (χ4n) is 3.98. The van der Waals surface area contributed by atoms with Gasteiger partial charge in [-0.15, -0.1) is 0 Å². The number of carbonyl (C=O) groups is 1. The first-order chi connectivity index (χ1) is 8.90. The molecular formula is C16H30N2O. The highest BCUT2D eigenvalue weighted by Gasteiger charge is 2.39. The summed E-state index contributed by atoms with van der Waals surface area (Å²) in [6.07, 6.45) is 4.27. The molecule has 3 nitrogen and oxygen atoms in total. The molecule has 19 heavy (non-hydrogen) atoms. The van der Waals surface area contributed by atoms with Crippen molar-refractivity contribution in [3.8, 4) is 0 Å². The van der Waals surface area contributed by atoms with Crippen LogP contribution >= 0.6 is 0 Å². The smallest absolute Gasteiger partial charge is 0.226 e. The van der Waals surface area contributed by atoms with Crippen LogP contribution in [-0.2, 0) is 4.79 Å². The number of hydrogen-bond acceptors (Lipinski definition) is 2. The van der Waals surface area contributed by atoms with E-state index in [9.17, 15) is 4.79 Å². The van der Waals surface area contributed by atoms with E-state index >= 15 is 0 Å². The number of likely N-dealkylation sites (tertiary alicyclic amines) is 1. The van der Waals surface area contributed by atoms with Gasteiger partial charge in [0.1, 0.15) is 0 Å². The molecule has 0 bridgehead atoms. The molecule has 1 saturated heterocycles. The first-order valence-corrected chi connectivity index (χ1v) is 7.96. The number of nitrogens with two attached hydrogens (primary N) is 1. The Balaban J connectivity index is 2.02. The third-order valence-corrected chi connectivity index (χ3v) is 5.43. The van der Waals surface area contributed by atoms with E-state index in [-0.39, 0.29) is 12.0 Å². The van der Waals surface area contributed by atoms with Crippen molar-refractivity contribution in [3.05, 3.63) is 0 Å². The Morgan fingerprint density at radius 3 is 2.37 bits per heavy atom. The predicted octanol–water partition coefficient (Wildman–Crippen LogP) is 2.64. The maximum Gasteiger partial charge on any atom is 0.226 e. The largest absolute Gasteiger partial charge is 0.340 e. The molecule has 1 amide bonds. The quantitative estimate of drug-likeness (QED) is 0.793. The minimum absolute atomic E-state index is 0.155. The van der Waals surface area contributed by atoms with Gasteiger partial charge in [-0.25, -0.2) is 0 Å². The maximum absolute atomic E-state index is 12.8. The zero-order valence-electron chi connectivity index (χ0n) is 12.9. The zero-order chi connectivity index (χ0) is 14.2. The molecule has 2 rings (SSSR count). The predicted molar refractivity (Wildman–Crippen MR) is 78.6 cm³/mol. The highest BCUT2D eigenvalue weighted by Crippen LogP contribution is 2.35. The summed E-state index contributed by atoms with van der Waals surface area (Å²) in [6, 6.07) is 0.600. The summed E-state index contributed by atoms with van der Waals surface area (Å²) in [5.74, 6) is 2.31. The number of hydrogen-bond donors (Lipinski definition) is 1. The van der Waals surface area contributed by atoms with Gasteiger partial charge in [0.15, 0.2) is 0 Å². The Labute approximate surface area is 117 Å². The van der Waals surface area contributed by atoms with Crippen molar-refractivity contribution in [2.45, 2.75) is 65.5 Å². The molecule has 3 heteroatoms. The van der Waals surface area contributed by atoms with Crippen LogP contribution in [0.25, 0.3) is 0 Å². The van der Waals surface area contributed by atoms with Gasteiger partial charge in [0.2, 0.25) is 5.91 Å². The fourth-order valence-corrected chi connectivity index (χ4v) is 3.98. The van der Waals surface area contributed by atoms with Crippen molar-refractivity contribution in [2.24, 2.45) is 29.4 Å². The second kappa shape index (κ2) is 5.82. The van der Waals surface area contributed by atoms with Crippen LogP contribution in [0.2, 0.25) is 0 Å². The van der Waals surface area contributed by atoms with Crippen molar-refractivity contribution >= 4 is 5.91 Å². The highest BCUT2D eigenvalue weighted by atomic mass is 16.2. The van der Waals surface area contributed by atoms with Crippen molar-refractivity contribution < 1.29 is 4.79 Å². The molecule has 6 unspecified atom stereocenters. The minimum Gasteiger partial charge on any atom is -0.340 e. The standard InChI is InChI=1S/C16H30N2O/c1-10-5-6-18(13(4)7-10)16(19)14-9-15(17)12(3)8-11(14)2/h10-15H,5-9,17H2,1-4H3. The Morgan fingerprint density at radius 1 is 1.05 bits per heavy atom. The molecule has 1 aliphatic heterocycles. The maximum atomic E-state index is 12.8. The average molecular weight is 266 g/mol. The van der Waals surface area contributed by atoms with Crippen LogP contribution in [0.5, 0.6) is 0 Å². The third kappa shape index (κ3) is 3.13. The van der Waals surface area contributed by atoms with Crippen LogP contribution in [-0.4, -0.2) is 29.4 Å². The Kier molecular flexibility index (Phi) is 4.54. The molecule has 1 heterocycles. The molecule has 110 valence electrons. The van der Waals surface area contributed by atoms with Gasteiger partial charge in [-0.1, -0.05) is 20.8 Å². The highest BCUT2D eigenvalue weighted by molar-refractivity contribution is 5.79. The first-order valence-electron chi connectivity index (χ1n) is 7.96. The molecule has 0 radical (unpaired) electrons. The van der Waals surface area contributed by atoms with E-state index in [2.05, 4.69) is 32.6 Å². The van der Waals surface area contributed by atoms with Crippen LogP contribution in [0, 0.1) is 23.7 Å². The minimum atomic E-state index is 0.155. The summed E-state index contributed by atoms with van der Waals surface area (Å²) in [7, 11) is 0. The SMILES string of the molecule is CC1CCN(C(=O)C2CC(N)C(C)CC2C)C(C)C1. The van der Waals surface area contributed by atoms with Gasteiger partial charge in [0, 0.05) is 24.5 Å². The normalized spacial score (nSPS) is 44.2. The van der Waals surface area contributed by atoms with E-state index in [0.29, 0.717) is 23.8 Å². The Bertz CT molecular complexity index is 331. The molecule has 0 aromatic rings. The van der Waals surface area contributed by atoms with Crippen LogP contribution in [0.3, 0.4) is 0 Å².